The predicted octanol–water partition coefficient (Wildman–Crippen LogP) is 1.51. The van der Waals surface area contributed by atoms with E-state index in [-0.39, 0.29) is 11.3 Å². The molecule has 0 saturated heterocycles. The number of carbonyl (C=O) groups is 1. The molecule has 0 aliphatic carbocycles. The van der Waals surface area contributed by atoms with Crippen LogP contribution in [0.2, 0.25) is 0 Å². The standard InChI is InChI=1S/C9H7FN4OS/c10-6-3-1-2-5(8(6)11)9(15)13-7-4-12-14-16-7/h1-4H,11H2,(H,13,15). The normalized spacial score (nSPS) is 10.1. The summed E-state index contributed by atoms with van der Waals surface area (Å²) in [7, 11) is 0. The molecular weight excluding hydrogens is 231 g/mol. The molecule has 0 aliphatic heterocycles. The SMILES string of the molecule is Nc1c(F)cccc1C(=O)Nc1cnns1. The number of aromatic nitrogens is 2. The van der Waals surface area contributed by atoms with Crippen LogP contribution in [0.1, 0.15) is 10.4 Å². The van der Waals surface area contributed by atoms with Crippen LogP contribution in [0.4, 0.5) is 15.1 Å². The highest BCUT2D eigenvalue weighted by molar-refractivity contribution is 7.10. The molecule has 1 aromatic heterocycles. The number of rotatable bonds is 2. The molecule has 0 bridgehead atoms. The summed E-state index contributed by atoms with van der Waals surface area (Å²) in [5.74, 6) is -1.10. The van der Waals surface area contributed by atoms with Gasteiger partial charge in [-0.25, -0.2) is 4.39 Å². The van der Waals surface area contributed by atoms with Crippen molar-refractivity contribution in [2.75, 3.05) is 11.1 Å². The van der Waals surface area contributed by atoms with Crippen molar-refractivity contribution in [1.29, 1.82) is 0 Å². The Bertz CT molecular complexity index is 514. The van der Waals surface area contributed by atoms with E-state index in [2.05, 4.69) is 14.9 Å². The molecule has 0 fully saturated rings. The molecule has 16 heavy (non-hydrogen) atoms. The number of para-hydroxylation sites is 1. The summed E-state index contributed by atoms with van der Waals surface area (Å²) in [5.41, 5.74) is 5.37. The number of nitrogens with one attached hydrogen (secondary N) is 1. The van der Waals surface area contributed by atoms with Gasteiger partial charge in [-0.05, 0) is 12.1 Å². The third kappa shape index (κ3) is 1.98. The molecule has 7 heteroatoms. The van der Waals surface area contributed by atoms with Crippen molar-refractivity contribution >= 4 is 28.1 Å². The van der Waals surface area contributed by atoms with Crippen molar-refractivity contribution in [3.63, 3.8) is 0 Å². The molecule has 82 valence electrons. The highest BCUT2D eigenvalue weighted by atomic mass is 32.1. The van der Waals surface area contributed by atoms with Crippen LogP contribution >= 0.6 is 11.5 Å². The van der Waals surface area contributed by atoms with E-state index in [1.807, 2.05) is 0 Å². The summed E-state index contributed by atoms with van der Waals surface area (Å²) in [4.78, 5) is 11.7. The highest BCUT2D eigenvalue weighted by Crippen LogP contribution is 2.18. The average molecular weight is 238 g/mol. The van der Waals surface area contributed by atoms with Gasteiger partial charge in [0.25, 0.3) is 5.91 Å². The zero-order chi connectivity index (χ0) is 11.5. The van der Waals surface area contributed by atoms with Crippen molar-refractivity contribution in [3.05, 3.63) is 35.8 Å². The number of nitrogen functional groups attached to an aromatic ring is 1. The molecule has 1 aromatic carbocycles. The maximum Gasteiger partial charge on any atom is 0.258 e. The fraction of sp³-hybridized carbons (Fsp3) is 0. The van der Waals surface area contributed by atoms with Gasteiger partial charge in [-0.15, -0.1) is 5.10 Å². The fourth-order valence-corrected chi connectivity index (χ4v) is 1.55. The van der Waals surface area contributed by atoms with Crippen LogP contribution in [0.25, 0.3) is 0 Å². The molecule has 2 aromatic rings. The van der Waals surface area contributed by atoms with Gasteiger partial charge in [0.05, 0.1) is 17.4 Å². The molecule has 3 N–H and O–H groups in total. The average Bonchev–Trinajstić information content (AvgIpc) is 2.74. The van der Waals surface area contributed by atoms with Crippen molar-refractivity contribution in [2.24, 2.45) is 0 Å². The van der Waals surface area contributed by atoms with Crippen molar-refractivity contribution < 1.29 is 9.18 Å². The van der Waals surface area contributed by atoms with Gasteiger partial charge in [-0.1, -0.05) is 10.6 Å². The topological polar surface area (TPSA) is 80.9 Å². The summed E-state index contributed by atoms with van der Waals surface area (Å²) in [5, 5.41) is 6.55. The molecule has 0 unspecified atom stereocenters. The minimum absolute atomic E-state index is 0.0911. The third-order valence-corrected chi connectivity index (χ3v) is 2.48. The minimum Gasteiger partial charge on any atom is -0.396 e. The zero-order valence-corrected chi connectivity index (χ0v) is 8.79. The molecule has 1 heterocycles. The Morgan fingerprint density at radius 2 is 2.31 bits per heavy atom. The summed E-state index contributed by atoms with van der Waals surface area (Å²) in [6.45, 7) is 0. The number of anilines is 2. The maximum atomic E-state index is 13.1. The zero-order valence-electron chi connectivity index (χ0n) is 7.98. The van der Waals surface area contributed by atoms with Crippen molar-refractivity contribution in [2.45, 2.75) is 0 Å². The molecule has 0 spiro atoms. The van der Waals surface area contributed by atoms with E-state index in [4.69, 9.17) is 5.73 Å². The second-order valence-corrected chi connectivity index (χ2v) is 3.72. The van der Waals surface area contributed by atoms with Gasteiger partial charge in [0.2, 0.25) is 0 Å². The largest absolute Gasteiger partial charge is 0.396 e. The number of hydrogen-bond donors (Lipinski definition) is 2. The van der Waals surface area contributed by atoms with Crippen LogP contribution in [-0.2, 0) is 0 Å². The second kappa shape index (κ2) is 4.23. The van der Waals surface area contributed by atoms with E-state index >= 15 is 0 Å². The summed E-state index contributed by atoms with van der Waals surface area (Å²) < 4.78 is 16.7. The Morgan fingerprint density at radius 1 is 1.50 bits per heavy atom. The molecule has 1 amide bonds. The fourth-order valence-electron chi connectivity index (χ4n) is 1.14. The molecular formula is C9H7FN4OS. The van der Waals surface area contributed by atoms with Crippen LogP contribution < -0.4 is 11.1 Å². The van der Waals surface area contributed by atoms with Crippen LogP contribution in [-0.4, -0.2) is 15.5 Å². The van der Waals surface area contributed by atoms with Gasteiger partial charge in [0.15, 0.2) is 0 Å². The van der Waals surface area contributed by atoms with Crippen molar-refractivity contribution in [3.8, 4) is 0 Å². The van der Waals surface area contributed by atoms with E-state index in [0.29, 0.717) is 5.00 Å². The van der Waals surface area contributed by atoms with E-state index in [1.54, 1.807) is 0 Å². The number of halogens is 1. The maximum absolute atomic E-state index is 13.1. The Hall–Kier alpha value is -2.02. The van der Waals surface area contributed by atoms with Gasteiger partial charge < -0.3 is 11.1 Å². The minimum atomic E-state index is -0.616. The van der Waals surface area contributed by atoms with E-state index < -0.39 is 11.7 Å². The molecule has 2 rings (SSSR count). The first-order valence-corrected chi connectivity index (χ1v) is 5.08. The first-order chi connectivity index (χ1) is 7.68. The number of amides is 1. The lowest BCUT2D eigenvalue weighted by Crippen LogP contribution is -2.14. The Balaban J connectivity index is 2.24. The van der Waals surface area contributed by atoms with Gasteiger partial charge in [-0.2, -0.15) is 0 Å². The van der Waals surface area contributed by atoms with Gasteiger partial charge in [0.1, 0.15) is 10.8 Å². The summed E-state index contributed by atoms with van der Waals surface area (Å²) in [6.07, 6.45) is 1.40. The monoisotopic (exact) mass is 238 g/mol. The van der Waals surface area contributed by atoms with Gasteiger partial charge in [0, 0.05) is 11.5 Å². The first-order valence-electron chi connectivity index (χ1n) is 4.31. The number of carbonyl (C=O) groups excluding carboxylic acids is 1. The number of benzene rings is 1. The third-order valence-electron chi connectivity index (χ3n) is 1.90. The van der Waals surface area contributed by atoms with Crippen LogP contribution in [0.5, 0.6) is 0 Å². The Kier molecular flexibility index (Phi) is 2.78. The Labute approximate surface area is 94.3 Å². The lowest BCUT2D eigenvalue weighted by Gasteiger charge is -2.05. The Morgan fingerprint density at radius 3 is 3.00 bits per heavy atom. The lowest BCUT2D eigenvalue weighted by atomic mass is 10.1. The van der Waals surface area contributed by atoms with E-state index in [0.717, 1.165) is 11.5 Å². The molecule has 0 aliphatic rings. The lowest BCUT2D eigenvalue weighted by molar-refractivity contribution is 0.102. The quantitative estimate of drug-likeness (QED) is 0.777. The summed E-state index contributed by atoms with van der Waals surface area (Å²) >= 11 is 1.03. The van der Waals surface area contributed by atoms with Gasteiger partial charge in [-0.3, -0.25) is 4.79 Å². The smallest absolute Gasteiger partial charge is 0.258 e. The highest BCUT2D eigenvalue weighted by Gasteiger charge is 2.13. The number of nitrogens with two attached hydrogens (primary N) is 1. The molecule has 0 saturated carbocycles. The predicted molar refractivity (Wildman–Crippen MR) is 58.7 cm³/mol. The molecule has 5 nitrogen and oxygen atoms in total. The molecule has 0 atom stereocenters. The van der Waals surface area contributed by atoms with E-state index in [9.17, 15) is 9.18 Å². The van der Waals surface area contributed by atoms with Crippen LogP contribution in [0.3, 0.4) is 0 Å². The molecule has 0 radical (unpaired) electrons. The van der Waals surface area contributed by atoms with Crippen LogP contribution in [0.15, 0.2) is 24.4 Å². The van der Waals surface area contributed by atoms with Gasteiger partial charge >= 0.3 is 0 Å². The van der Waals surface area contributed by atoms with Crippen molar-refractivity contribution in [1.82, 2.24) is 9.59 Å². The number of nitrogens with zero attached hydrogens (tertiary/aromatic N) is 2. The number of hydrogen-bond acceptors (Lipinski definition) is 5. The van der Waals surface area contributed by atoms with E-state index in [1.165, 1.54) is 24.4 Å². The first kappa shape index (κ1) is 10.5. The second-order valence-electron chi connectivity index (χ2n) is 2.94. The summed E-state index contributed by atoms with van der Waals surface area (Å²) in [6, 6.07) is 4.06. The van der Waals surface area contributed by atoms with Crippen LogP contribution in [0, 0.1) is 5.82 Å².